The molecule has 1 aliphatic rings. The van der Waals surface area contributed by atoms with E-state index < -0.39 is 0 Å². The summed E-state index contributed by atoms with van der Waals surface area (Å²) >= 11 is 3.36. The lowest BCUT2D eigenvalue weighted by Crippen LogP contribution is -2.18. The average molecular weight is 318 g/mol. The van der Waals surface area contributed by atoms with Crippen molar-refractivity contribution < 1.29 is 4.79 Å². The van der Waals surface area contributed by atoms with Crippen LogP contribution in [0, 0.1) is 0 Å². The summed E-state index contributed by atoms with van der Waals surface area (Å²) in [6.45, 7) is 0. The quantitative estimate of drug-likeness (QED) is 0.891. The number of anilines is 3. The molecule has 0 fully saturated rings. The van der Waals surface area contributed by atoms with Gasteiger partial charge < -0.3 is 10.6 Å². The van der Waals surface area contributed by atoms with Gasteiger partial charge in [0, 0.05) is 28.5 Å². The van der Waals surface area contributed by atoms with Gasteiger partial charge in [-0.1, -0.05) is 0 Å². The first-order valence-corrected chi connectivity index (χ1v) is 6.81. The molecule has 0 atom stereocenters. The molecule has 1 aromatic carbocycles. The van der Waals surface area contributed by atoms with Gasteiger partial charge in [0.2, 0.25) is 5.91 Å². The fourth-order valence-electron chi connectivity index (χ4n) is 2.06. The fraction of sp³-hybridized carbons (Fsp3) is 0.143. The van der Waals surface area contributed by atoms with Crippen LogP contribution in [-0.2, 0) is 11.2 Å². The second-order valence-corrected chi connectivity index (χ2v) is 5.32. The Morgan fingerprint density at radius 3 is 2.89 bits per heavy atom. The number of halogens is 1. The third-order valence-electron chi connectivity index (χ3n) is 3.00. The molecule has 19 heavy (non-hydrogen) atoms. The minimum absolute atomic E-state index is 0.0859. The Bertz CT molecular complexity index is 625. The Morgan fingerprint density at radius 2 is 2.11 bits per heavy atom. The normalized spacial score (nSPS) is 13.6. The first-order chi connectivity index (χ1) is 9.20. The number of hydrogen-bond donors (Lipinski definition) is 2. The van der Waals surface area contributed by atoms with Crippen molar-refractivity contribution in [1.29, 1.82) is 0 Å². The summed E-state index contributed by atoms with van der Waals surface area (Å²) in [5.74, 6) is 0.880. The van der Waals surface area contributed by atoms with Crippen LogP contribution in [-0.4, -0.2) is 10.9 Å². The number of aromatic nitrogens is 1. The predicted molar refractivity (Wildman–Crippen MR) is 78.6 cm³/mol. The Balaban J connectivity index is 1.82. The number of rotatable bonds is 2. The van der Waals surface area contributed by atoms with Crippen LogP contribution in [0.25, 0.3) is 0 Å². The number of amides is 1. The van der Waals surface area contributed by atoms with Crippen LogP contribution in [0.15, 0.2) is 41.0 Å². The van der Waals surface area contributed by atoms with Crippen LogP contribution in [0.2, 0.25) is 0 Å². The molecule has 2 heterocycles. The van der Waals surface area contributed by atoms with Crippen molar-refractivity contribution in [3.05, 3.63) is 46.6 Å². The Hall–Kier alpha value is -1.88. The van der Waals surface area contributed by atoms with Crippen molar-refractivity contribution in [3.63, 3.8) is 0 Å². The zero-order chi connectivity index (χ0) is 13.2. The predicted octanol–water partition coefficient (Wildman–Crippen LogP) is 3.47. The molecular formula is C14H12BrN3O. The molecule has 3 rings (SSSR count). The summed E-state index contributed by atoms with van der Waals surface area (Å²) < 4.78 is 0.950. The lowest BCUT2D eigenvalue weighted by atomic mass is 10.0. The average Bonchev–Trinajstić information content (AvgIpc) is 2.42. The van der Waals surface area contributed by atoms with Gasteiger partial charge >= 0.3 is 0 Å². The molecule has 96 valence electrons. The van der Waals surface area contributed by atoms with Gasteiger partial charge in [0.25, 0.3) is 0 Å². The van der Waals surface area contributed by atoms with Gasteiger partial charge in [0.15, 0.2) is 0 Å². The van der Waals surface area contributed by atoms with Gasteiger partial charge in [-0.05, 0) is 58.2 Å². The van der Waals surface area contributed by atoms with E-state index in [0.29, 0.717) is 6.42 Å². The van der Waals surface area contributed by atoms with E-state index in [1.807, 2.05) is 24.3 Å². The molecule has 0 bridgehead atoms. The van der Waals surface area contributed by atoms with Crippen molar-refractivity contribution in [1.82, 2.24) is 4.98 Å². The first-order valence-electron chi connectivity index (χ1n) is 6.02. The number of fused-ring (bicyclic) bond motifs is 1. The molecule has 2 aromatic rings. The third kappa shape index (κ3) is 2.76. The minimum atomic E-state index is 0.0859. The Kier molecular flexibility index (Phi) is 3.21. The van der Waals surface area contributed by atoms with Crippen LogP contribution in [0.1, 0.15) is 12.0 Å². The molecule has 0 radical (unpaired) electrons. The molecule has 5 heteroatoms. The van der Waals surface area contributed by atoms with Crippen LogP contribution in [0.5, 0.6) is 0 Å². The standard InChI is InChI=1S/C14H12BrN3O/c15-10-2-5-13(16-8-10)17-11-3-4-12-9(7-11)1-6-14(19)18-12/h2-5,7-8H,1,6H2,(H,16,17)(H,18,19). The van der Waals surface area contributed by atoms with Crippen molar-refractivity contribution >= 4 is 39.0 Å². The molecule has 1 amide bonds. The number of nitrogens with one attached hydrogen (secondary N) is 2. The number of hydrogen-bond acceptors (Lipinski definition) is 3. The highest BCUT2D eigenvalue weighted by Gasteiger charge is 2.14. The zero-order valence-corrected chi connectivity index (χ0v) is 11.7. The van der Waals surface area contributed by atoms with Gasteiger partial charge in [0.05, 0.1) is 0 Å². The maximum Gasteiger partial charge on any atom is 0.224 e. The number of benzene rings is 1. The summed E-state index contributed by atoms with van der Waals surface area (Å²) in [6.07, 6.45) is 3.08. The highest BCUT2D eigenvalue weighted by molar-refractivity contribution is 9.10. The van der Waals surface area contributed by atoms with Crippen LogP contribution < -0.4 is 10.6 Å². The number of carbonyl (C=O) groups is 1. The summed E-state index contributed by atoms with van der Waals surface area (Å²) in [4.78, 5) is 15.6. The monoisotopic (exact) mass is 317 g/mol. The van der Waals surface area contributed by atoms with E-state index in [0.717, 1.165) is 33.6 Å². The maximum atomic E-state index is 11.3. The van der Waals surface area contributed by atoms with E-state index in [1.54, 1.807) is 6.20 Å². The molecule has 0 unspecified atom stereocenters. The minimum Gasteiger partial charge on any atom is -0.340 e. The molecule has 0 saturated heterocycles. The van der Waals surface area contributed by atoms with E-state index >= 15 is 0 Å². The zero-order valence-electron chi connectivity index (χ0n) is 10.1. The first kappa shape index (κ1) is 12.2. The molecule has 1 aliphatic heterocycles. The van der Waals surface area contributed by atoms with Gasteiger partial charge in [-0.15, -0.1) is 0 Å². The van der Waals surface area contributed by atoms with E-state index in [9.17, 15) is 4.79 Å². The van der Waals surface area contributed by atoms with E-state index in [4.69, 9.17) is 0 Å². The van der Waals surface area contributed by atoms with Crippen molar-refractivity contribution in [2.75, 3.05) is 10.6 Å². The molecule has 0 aliphatic carbocycles. The second kappa shape index (κ2) is 5.01. The Labute approximate surface area is 119 Å². The van der Waals surface area contributed by atoms with E-state index in [1.165, 1.54) is 0 Å². The lowest BCUT2D eigenvalue weighted by molar-refractivity contribution is -0.116. The maximum absolute atomic E-state index is 11.3. The lowest BCUT2D eigenvalue weighted by Gasteiger charge is -2.17. The van der Waals surface area contributed by atoms with Gasteiger partial charge in [-0.25, -0.2) is 4.98 Å². The highest BCUT2D eigenvalue weighted by Crippen LogP contribution is 2.27. The molecule has 0 saturated carbocycles. The van der Waals surface area contributed by atoms with Crippen LogP contribution in [0.4, 0.5) is 17.2 Å². The van der Waals surface area contributed by atoms with Crippen molar-refractivity contribution in [2.45, 2.75) is 12.8 Å². The molecule has 2 N–H and O–H groups in total. The summed E-state index contributed by atoms with van der Waals surface area (Å²) in [7, 11) is 0. The fourth-order valence-corrected chi connectivity index (χ4v) is 2.29. The van der Waals surface area contributed by atoms with Gasteiger partial charge in [0.1, 0.15) is 5.82 Å². The van der Waals surface area contributed by atoms with Crippen LogP contribution >= 0.6 is 15.9 Å². The molecule has 1 aromatic heterocycles. The second-order valence-electron chi connectivity index (χ2n) is 4.41. The van der Waals surface area contributed by atoms with Crippen molar-refractivity contribution in [2.24, 2.45) is 0 Å². The SMILES string of the molecule is O=C1CCc2cc(Nc3ccc(Br)cn3)ccc2N1. The molecule has 4 nitrogen and oxygen atoms in total. The molecular weight excluding hydrogens is 306 g/mol. The van der Waals surface area contributed by atoms with E-state index in [2.05, 4.69) is 37.6 Å². The molecule has 0 spiro atoms. The number of nitrogens with zero attached hydrogens (tertiary/aromatic N) is 1. The Morgan fingerprint density at radius 1 is 1.21 bits per heavy atom. The van der Waals surface area contributed by atoms with Crippen molar-refractivity contribution in [3.8, 4) is 0 Å². The topological polar surface area (TPSA) is 54.0 Å². The summed E-state index contributed by atoms with van der Waals surface area (Å²) in [5.41, 5.74) is 3.04. The number of aryl methyl sites for hydroxylation is 1. The number of pyridine rings is 1. The van der Waals surface area contributed by atoms with Gasteiger partial charge in [-0.2, -0.15) is 0 Å². The van der Waals surface area contributed by atoms with Gasteiger partial charge in [-0.3, -0.25) is 4.79 Å². The smallest absolute Gasteiger partial charge is 0.224 e. The number of carbonyl (C=O) groups excluding carboxylic acids is 1. The van der Waals surface area contributed by atoms with Crippen LogP contribution in [0.3, 0.4) is 0 Å². The highest BCUT2D eigenvalue weighted by atomic mass is 79.9. The van der Waals surface area contributed by atoms with E-state index in [-0.39, 0.29) is 5.91 Å². The third-order valence-corrected chi connectivity index (χ3v) is 3.47. The summed E-state index contributed by atoms with van der Waals surface area (Å²) in [6, 6.07) is 9.76. The summed E-state index contributed by atoms with van der Waals surface area (Å²) in [5, 5.41) is 6.12. The largest absolute Gasteiger partial charge is 0.340 e.